The van der Waals surface area contributed by atoms with Gasteiger partial charge < -0.3 is 5.32 Å². The van der Waals surface area contributed by atoms with Crippen molar-refractivity contribution in [3.8, 4) is 0 Å². The topological polar surface area (TPSA) is 32.3 Å². The van der Waals surface area contributed by atoms with Crippen molar-refractivity contribution in [2.24, 2.45) is 0 Å². The monoisotopic (exact) mass is 364 g/mol. The number of carbonyl (C=O) groups is 1. The Labute approximate surface area is 137 Å². The third-order valence-corrected chi connectivity index (χ3v) is 5.59. The van der Waals surface area contributed by atoms with Gasteiger partial charge in [0.2, 0.25) is 5.91 Å². The van der Waals surface area contributed by atoms with Crippen molar-refractivity contribution >= 4 is 38.9 Å². The molecule has 1 aromatic heterocycles. The van der Waals surface area contributed by atoms with E-state index in [4.69, 9.17) is 0 Å². The van der Waals surface area contributed by atoms with E-state index >= 15 is 0 Å². The molecule has 0 saturated heterocycles. The molecular weight excluding hydrogens is 348 g/mol. The quantitative estimate of drug-likeness (QED) is 0.890. The highest BCUT2D eigenvalue weighted by Gasteiger charge is 2.26. The Morgan fingerprint density at radius 2 is 2.24 bits per heavy atom. The number of amides is 1. The molecule has 0 saturated carbocycles. The van der Waals surface area contributed by atoms with Crippen LogP contribution < -0.4 is 5.32 Å². The second kappa shape index (κ2) is 6.30. The Hall–Kier alpha value is -1.17. The summed E-state index contributed by atoms with van der Waals surface area (Å²) in [5.41, 5.74) is 2.20. The molecule has 3 nitrogen and oxygen atoms in total. The minimum atomic E-state index is 0.0347. The van der Waals surface area contributed by atoms with Crippen LogP contribution in [0.5, 0.6) is 0 Å². The zero-order valence-electron chi connectivity index (χ0n) is 11.8. The first-order chi connectivity index (χ1) is 10.1. The van der Waals surface area contributed by atoms with E-state index in [1.807, 2.05) is 35.6 Å². The predicted molar refractivity (Wildman–Crippen MR) is 90.8 cm³/mol. The molecule has 110 valence electrons. The lowest BCUT2D eigenvalue weighted by Crippen LogP contribution is -2.39. The number of rotatable bonds is 3. The van der Waals surface area contributed by atoms with Crippen LogP contribution in [0.2, 0.25) is 0 Å². The maximum absolute atomic E-state index is 12.3. The summed E-state index contributed by atoms with van der Waals surface area (Å²) in [6.45, 7) is 3.55. The first-order valence-corrected chi connectivity index (χ1v) is 8.67. The molecule has 0 unspecified atom stereocenters. The van der Waals surface area contributed by atoms with Gasteiger partial charge in [0, 0.05) is 21.9 Å². The molecule has 1 amide bonds. The minimum Gasteiger partial charge on any atom is -0.324 e. The zero-order chi connectivity index (χ0) is 14.8. The summed E-state index contributed by atoms with van der Waals surface area (Å²) in [6, 6.07) is 10.2. The van der Waals surface area contributed by atoms with Crippen molar-refractivity contribution in [2.45, 2.75) is 19.4 Å². The van der Waals surface area contributed by atoms with Crippen LogP contribution in [-0.4, -0.2) is 23.9 Å². The highest BCUT2D eigenvalue weighted by molar-refractivity contribution is 9.10. The number of carbonyl (C=O) groups excluding carboxylic acids is 1. The van der Waals surface area contributed by atoms with E-state index in [0.717, 1.165) is 23.1 Å². The number of anilines is 1. The van der Waals surface area contributed by atoms with Crippen LogP contribution in [0, 0.1) is 0 Å². The first kappa shape index (κ1) is 14.8. The number of nitrogens with zero attached hydrogens (tertiary/aromatic N) is 1. The van der Waals surface area contributed by atoms with Gasteiger partial charge in [0.1, 0.15) is 0 Å². The second-order valence-corrected chi connectivity index (χ2v) is 7.08. The van der Waals surface area contributed by atoms with Gasteiger partial charge in [0.05, 0.1) is 12.2 Å². The normalized spacial score (nSPS) is 18.3. The highest BCUT2D eigenvalue weighted by Crippen LogP contribution is 2.32. The molecule has 2 aromatic rings. The molecule has 1 aliphatic heterocycles. The SMILES string of the molecule is C[C@@H]1c2ccsc2CCN1CC(=O)Nc1ccccc1Br. The largest absolute Gasteiger partial charge is 0.324 e. The van der Waals surface area contributed by atoms with E-state index in [1.54, 1.807) is 0 Å². The summed E-state index contributed by atoms with van der Waals surface area (Å²) in [4.78, 5) is 16.0. The molecule has 0 spiro atoms. The van der Waals surface area contributed by atoms with Crippen LogP contribution in [0.3, 0.4) is 0 Å². The van der Waals surface area contributed by atoms with Gasteiger partial charge in [0.25, 0.3) is 0 Å². The summed E-state index contributed by atoms with van der Waals surface area (Å²) in [6.07, 6.45) is 1.04. The van der Waals surface area contributed by atoms with E-state index in [1.165, 1.54) is 10.4 Å². The van der Waals surface area contributed by atoms with E-state index in [2.05, 4.69) is 44.5 Å². The van der Waals surface area contributed by atoms with Gasteiger partial charge in [-0.1, -0.05) is 12.1 Å². The van der Waals surface area contributed by atoms with Crippen molar-refractivity contribution in [2.75, 3.05) is 18.4 Å². The lowest BCUT2D eigenvalue weighted by molar-refractivity contribution is -0.117. The van der Waals surface area contributed by atoms with E-state index in [-0.39, 0.29) is 5.91 Å². The highest BCUT2D eigenvalue weighted by atomic mass is 79.9. The molecule has 0 bridgehead atoms. The Morgan fingerprint density at radius 1 is 1.43 bits per heavy atom. The molecule has 0 radical (unpaired) electrons. The number of thiophene rings is 1. The standard InChI is InChI=1S/C16H17BrN2OS/c1-11-12-7-9-21-15(12)6-8-19(11)10-16(20)18-14-5-3-2-4-13(14)17/h2-5,7,9,11H,6,8,10H2,1H3,(H,18,20)/t11-/m1/s1. The zero-order valence-corrected chi connectivity index (χ0v) is 14.2. The van der Waals surface area contributed by atoms with Crippen LogP contribution in [-0.2, 0) is 11.2 Å². The number of nitrogens with one attached hydrogen (secondary N) is 1. The summed E-state index contributed by atoms with van der Waals surface area (Å²) in [7, 11) is 0. The summed E-state index contributed by atoms with van der Waals surface area (Å²) >= 11 is 5.27. The fourth-order valence-corrected chi connectivity index (χ4v) is 4.06. The Kier molecular flexibility index (Phi) is 4.42. The Morgan fingerprint density at radius 3 is 3.05 bits per heavy atom. The number of hydrogen-bond acceptors (Lipinski definition) is 3. The summed E-state index contributed by atoms with van der Waals surface area (Å²) < 4.78 is 0.908. The average Bonchev–Trinajstić information content (AvgIpc) is 2.94. The predicted octanol–water partition coefficient (Wildman–Crippen LogP) is 4.07. The minimum absolute atomic E-state index is 0.0347. The maximum Gasteiger partial charge on any atom is 0.238 e. The molecule has 3 rings (SSSR count). The van der Waals surface area contributed by atoms with Gasteiger partial charge in [0.15, 0.2) is 0 Å². The summed E-state index contributed by atoms with van der Waals surface area (Å²) in [5, 5.41) is 5.12. The maximum atomic E-state index is 12.3. The van der Waals surface area contributed by atoms with Crippen LogP contribution in [0.15, 0.2) is 40.2 Å². The van der Waals surface area contributed by atoms with Gasteiger partial charge in [-0.05, 0) is 58.4 Å². The number of benzene rings is 1. The van der Waals surface area contributed by atoms with E-state index in [0.29, 0.717) is 12.6 Å². The number of halogens is 1. The fraction of sp³-hybridized carbons (Fsp3) is 0.312. The molecule has 1 N–H and O–H groups in total. The van der Waals surface area contributed by atoms with E-state index in [9.17, 15) is 4.79 Å². The van der Waals surface area contributed by atoms with Crippen molar-refractivity contribution in [1.82, 2.24) is 4.90 Å². The Bertz CT molecular complexity index is 655. The van der Waals surface area contributed by atoms with Crippen molar-refractivity contribution < 1.29 is 4.79 Å². The number of fused-ring (bicyclic) bond motifs is 1. The van der Waals surface area contributed by atoms with Crippen LogP contribution in [0.4, 0.5) is 5.69 Å². The lowest BCUT2D eigenvalue weighted by atomic mass is 10.0. The molecule has 5 heteroatoms. The molecule has 1 aromatic carbocycles. The smallest absolute Gasteiger partial charge is 0.238 e. The van der Waals surface area contributed by atoms with Crippen molar-refractivity contribution in [1.29, 1.82) is 0 Å². The average molecular weight is 365 g/mol. The molecule has 0 aliphatic carbocycles. The molecular formula is C16H17BrN2OS. The Balaban J connectivity index is 1.65. The van der Waals surface area contributed by atoms with Gasteiger partial charge in [-0.15, -0.1) is 11.3 Å². The van der Waals surface area contributed by atoms with Crippen molar-refractivity contribution in [3.63, 3.8) is 0 Å². The van der Waals surface area contributed by atoms with Crippen LogP contribution in [0.25, 0.3) is 0 Å². The molecule has 1 aliphatic rings. The van der Waals surface area contributed by atoms with Gasteiger partial charge in [-0.2, -0.15) is 0 Å². The summed E-state index contributed by atoms with van der Waals surface area (Å²) in [5.74, 6) is 0.0347. The van der Waals surface area contributed by atoms with Crippen LogP contribution >= 0.6 is 27.3 Å². The number of hydrogen-bond donors (Lipinski definition) is 1. The van der Waals surface area contributed by atoms with Crippen LogP contribution in [0.1, 0.15) is 23.4 Å². The van der Waals surface area contributed by atoms with Gasteiger partial charge in [-0.3, -0.25) is 9.69 Å². The molecule has 2 heterocycles. The van der Waals surface area contributed by atoms with Gasteiger partial charge in [-0.25, -0.2) is 0 Å². The van der Waals surface area contributed by atoms with Crippen molar-refractivity contribution in [3.05, 3.63) is 50.6 Å². The second-order valence-electron chi connectivity index (χ2n) is 5.22. The first-order valence-electron chi connectivity index (χ1n) is 7.00. The van der Waals surface area contributed by atoms with E-state index < -0.39 is 0 Å². The number of para-hydroxylation sites is 1. The lowest BCUT2D eigenvalue weighted by Gasteiger charge is -2.32. The molecule has 0 fully saturated rings. The molecule has 1 atom stereocenters. The molecule has 21 heavy (non-hydrogen) atoms. The fourth-order valence-electron chi connectivity index (χ4n) is 2.71. The third-order valence-electron chi connectivity index (χ3n) is 3.90. The van der Waals surface area contributed by atoms with Gasteiger partial charge >= 0.3 is 0 Å². The third kappa shape index (κ3) is 3.20.